The van der Waals surface area contributed by atoms with Crippen molar-refractivity contribution in [2.45, 2.75) is 46.1 Å². The van der Waals surface area contributed by atoms with Crippen molar-refractivity contribution in [2.75, 3.05) is 24.4 Å². The molecule has 1 aliphatic rings. The van der Waals surface area contributed by atoms with E-state index < -0.39 is 16.2 Å². The Balaban J connectivity index is 2.03. The molecule has 2 rings (SSSR count). The van der Waals surface area contributed by atoms with E-state index in [2.05, 4.69) is 4.18 Å². The second-order valence-corrected chi connectivity index (χ2v) is 10.1. The van der Waals surface area contributed by atoms with Gasteiger partial charge in [-0.3, -0.25) is 13.8 Å². The van der Waals surface area contributed by atoms with E-state index >= 15 is 0 Å². The number of aliphatic hydroxyl groups excluding tert-OH is 1. The normalized spacial score (nSPS) is 16.7. The van der Waals surface area contributed by atoms with Crippen LogP contribution in [-0.4, -0.2) is 49.8 Å². The van der Waals surface area contributed by atoms with Gasteiger partial charge < -0.3 is 5.11 Å². The molecule has 0 aliphatic carbocycles. The number of carbonyl (C=O) groups excluding carboxylic acids is 2. The Bertz CT molecular complexity index is 887. The molecular weight excluding hydrogens is 408 g/mol. The summed E-state index contributed by atoms with van der Waals surface area (Å²) in [5.74, 6) is -0.692. The van der Waals surface area contributed by atoms with Crippen LogP contribution in [0, 0.1) is 5.41 Å². The van der Waals surface area contributed by atoms with E-state index in [4.69, 9.17) is 0 Å². The highest BCUT2D eigenvalue weighted by Crippen LogP contribution is 2.34. The van der Waals surface area contributed by atoms with E-state index in [0.717, 1.165) is 12.7 Å². The van der Waals surface area contributed by atoms with Crippen LogP contribution in [0.1, 0.15) is 51.7 Å². The van der Waals surface area contributed by atoms with Crippen molar-refractivity contribution < 1.29 is 27.3 Å². The smallest absolute Gasteiger partial charge is 0.267 e. The maximum atomic E-state index is 12.4. The molecule has 9 heteroatoms. The highest BCUT2D eigenvalue weighted by molar-refractivity contribution is 7.86. The number of hydrogen-bond donors (Lipinski definition) is 1. The lowest BCUT2D eigenvalue weighted by Crippen LogP contribution is -2.41. The standard InChI is InChI=1S/C21H30N2O6S/c1-21(2,3)20(26)16-9-11-17(12-10-16)23-19(25)15-18(24)22(23)13-7-5-6-8-14-30(27,28)29-4/h5,7,9-12,20,26H,6,8,13-15H2,1-4H3. The number of hydrazine groups is 1. The monoisotopic (exact) mass is 438 g/mol. The van der Waals surface area contributed by atoms with E-state index in [1.807, 2.05) is 20.8 Å². The molecular formula is C21H30N2O6S. The second kappa shape index (κ2) is 9.72. The maximum Gasteiger partial charge on any atom is 0.267 e. The van der Waals surface area contributed by atoms with Gasteiger partial charge in [-0.2, -0.15) is 8.42 Å². The van der Waals surface area contributed by atoms with Crippen LogP contribution in [0.4, 0.5) is 5.69 Å². The topological polar surface area (TPSA) is 104 Å². The fourth-order valence-corrected chi connectivity index (χ4v) is 3.75. The van der Waals surface area contributed by atoms with Crippen LogP contribution >= 0.6 is 0 Å². The largest absolute Gasteiger partial charge is 0.388 e. The van der Waals surface area contributed by atoms with Crippen LogP contribution in [0.15, 0.2) is 36.4 Å². The van der Waals surface area contributed by atoms with E-state index in [1.165, 1.54) is 10.0 Å². The summed E-state index contributed by atoms with van der Waals surface area (Å²) in [7, 11) is -2.34. The fourth-order valence-electron chi connectivity index (χ4n) is 3.06. The van der Waals surface area contributed by atoms with Crippen molar-refractivity contribution >= 4 is 27.6 Å². The first-order valence-corrected chi connectivity index (χ1v) is 11.4. The summed E-state index contributed by atoms with van der Waals surface area (Å²) >= 11 is 0. The first-order valence-electron chi connectivity index (χ1n) is 9.81. The molecule has 1 heterocycles. The molecule has 1 atom stereocenters. The van der Waals surface area contributed by atoms with Gasteiger partial charge in [0, 0.05) is 0 Å². The Morgan fingerprint density at radius 1 is 1.13 bits per heavy atom. The van der Waals surface area contributed by atoms with E-state index in [1.54, 1.807) is 36.4 Å². The molecule has 1 N–H and O–H groups in total. The van der Waals surface area contributed by atoms with Gasteiger partial charge in [-0.25, -0.2) is 10.0 Å². The molecule has 166 valence electrons. The summed E-state index contributed by atoms with van der Waals surface area (Å²) in [4.78, 5) is 24.6. The van der Waals surface area contributed by atoms with Crippen molar-refractivity contribution in [1.82, 2.24) is 5.01 Å². The molecule has 8 nitrogen and oxygen atoms in total. The van der Waals surface area contributed by atoms with Gasteiger partial charge in [-0.15, -0.1) is 0 Å². The summed E-state index contributed by atoms with van der Waals surface area (Å²) < 4.78 is 27.0. The number of amides is 2. The Morgan fingerprint density at radius 3 is 2.33 bits per heavy atom. The van der Waals surface area contributed by atoms with E-state index in [0.29, 0.717) is 18.5 Å². The van der Waals surface area contributed by atoms with Crippen LogP contribution in [0.2, 0.25) is 0 Å². The summed E-state index contributed by atoms with van der Waals surface area (Å²) in [6, 6.07) is 6.94. The average Bonchev–Trinajstić information content (AvgIpc) is 2.96. The molecule has 1 aliphatic heterocycles. The molecule has 30 heavy (non-hydrogen) atoms. The lowest BCUT2D eigenvalue weighted by atomic mass is 9.85. The number of hydrogen-bond acceptors (Lipinski definition) is 6. The van der Waals surface area contributed by atoms with Crippen molar-refractivity contribution in [3.63, 3.8) is 0 Å². The zero-order chi connectivity index (χ0) is 22.5. The van der Waals surface area contributed by atoms with Crippen LogP contribution < -0.4 is 5.01 Å². The number of anilines is 1. The summed E-state index contributed by atoms with van der Waals surface area (Å²) in [5.41, 5.74) is 0.970. The van der Waals surface area contributed by atoms with Gasteiger partial charge in [-0.05, 0) is 36.0 Å². The van der Waals surface area contributed by atoms with Crippen LogP contribution in [-0.2, 0) is 23.9 Å². The quantitative estimate of drug-likeness (QED) is 0.275. The third-order valence-corrected chi connectivity index (χ3v) is 6.10. The summed E-state index contributed by atoms with van der Waals surface area (Å²) in [6.45, 7) is 6.01. The molecule has 0 bridgehead atoms. The van der Waals surface area contributed by atoms with Crippen molar-refractivity contribution in [2.24, 2.45) is 5.41 Å². The second-order valence-electron chi connectivity index (χ2n) is 8.26. The predicted molar refractivity (Wildman–Crippen MR) is 114 cm³/mol. The lowest BCUT2D eigenvalue weighted by molar-refractivity contribution is -0.127. The van der Waals surface area contributed by atoms with Gasteiger partial charge in [0.2, 0.25) is 0 Å². The third kappa shape index (κ3) is 6.13. The first-order chi connectivity index (χ1) is 14.0. The van der Waals surface area contributed by atoms with Crippen molar-refractivity contribution in [3.8, 4) is 0 Å². The number of rotatable bonds is 9. The summed E-state index contributed by atoms with van der Waals surface area (Å²) in [5, 5.41) is 13.1. The van der Waals surface area contributed by atoms with Gasteiger partial charge >= 0.3 is 0 Å². The molecule has 0 spiro atoms. The van der Waals surface area contributed by atoms with Gasteiger partial charge in [0.25, 0.3) is 21.9 Å². The van der Waals surface area contributed by atoms with Crippen LogP contribution in [0.5, 0.6) is 0 Å². The van der Waals surface area contributed by atoms with Crippen LogP contribution in [0.25, 0.3) is 0 Å². The number of unbranched alkanes of at least 4 members (excludes halogenated alkanes) is 1. The fraction of sp³-hybridized carbons (Fsp3) is 0.524. The minimum absolute atomic E-state index is 0.0755. The highest BCUT2D eigenvalue weighted by atomic mass is 32.2. The average molecular weight is 439 g/mol. The SMILES string of the molecule is COS(=O)(=O)CCCC=CCN1C(=O)CC(=O)N1c1ccc(C(O)C(C)(C)C)cc1. The van der Waals surface area contributed by atoms with Crippen molar-refractivity contribution in [3.05, 3.63) is 42.0 Å². The minimum atomic E-state index is -3.47. The number of benzene rings is 1. The Kier molecular flexibility index (Phi) is 7.79. The Labute approximate surface area is 178 Å². The third-order valence-electron chi connectivity index (χ3n) is 4.81. The van der Waals surface area contributed by atoms with Gasteiger partial charge in [0.15, 0.2) is 0 Å². The molecule has 1 fully saturated rings. The Morgan fingerprint density at radius 2 is 1.77 bits per heavy atom. The lowest BCUT2D eigenvalue weighted by Gasteiger charge is -2.29. The predicted octanol–water partition coefficient (Wildman–Crippen LogP) is 2.56. The van der Waals surface area contributed by atoms with Gasteiger partial charge in [0.1, 0.15) is 6.42 Å². The number of nitrogens with zero attached hydrogens (tertiary/aromatic N) is 2. The molecule has 2 amide bonds. The molecule has 1 aromatic rings. The Hall–Kier alpha value is -2.23. The molecule has 1 aromatic carbocycles. The molecule has 1 saturated heterocycles. The molecule has 0 radical (unpaired) electrons. The number of aliphatic hydroxyl groups is 1. The molecule has 1 unspecified atom stereocenters. The zero-order valence-electron chi connectivity index (χ0n) is 17.9. The van der Waals surface area contributed by atoms with Crippen molar-refractivity contribution in [1.29, 1.82) is 0 Å². The van der Waals surface area contributed by atoms with Gasteiger partial charge in [0.05, 0.1) is 31.2 Å². The zero-order valence-corrected chi connectivity index (χ0v) is 18.7. The van der Waals surface area contributed by atoms with Gasteiger partial charge in [-0.1, -0.05) is 45.1 Å². The first kappa shape index (κ1) is 24.0. The minimum Gasteiger partial charge on any atom is -0.388 e. The van der Waals surface area contributed by atoms with E-state index in [-0.39, 0.29) is 35.9 Å². The number of carbonyl (C=O) groups is 2. The van der Waals surface area contributed by atoms with E-state index in [9.17, 15) is 23.1 Å². The van der Waals surface area contributed by atoms with Crippen LogP contribution in [0.3, 0.4) is 0 Å². The highest BCUT2D eigenvalue weighted by Gasteiger charge is 2.36. The molecule has 0 aromatic heterocycles. The summed E-state index contributed by atoms with van der Waals surface area (Å²) in [6.07, 6.45) is 3.58. The molecule has 0 saturated carbocycles. The number of allylic oxidation sites excluding steroid dienone is 1. The maximum absolute atomic E-state index is 12.4.